The van der Waals surface area contributed by atoms with Gasteiger partial charge in [-0.1, -0.05) is 17.7 Å². The third-order valence-corrected chi connectivity index (χ3v) is 7.53. The fourth-order valence-corrected chi connectivity index (χ4v) is 6.50. The third-order valence-electron chi connectivity index (χ3n) is 7.53. The normalized spacial score (nSPS) is 31.4. The number of halogens is 1. The summed E-state index contributed by atoms with van der Waals surface area (Å²) in [4.78, 5) is 44.3. The van der Waals surface area contributed by atoms with Gasteiger partial charge < -0.3 is 5.32 Å². The van der Waals surface area contributed by atoms with Gasteiger partial charge in [0.2, 0.25) is 17.7 Å². The minimum Gasteiger partial charge on any atom is -0.324 e. The van der Waals surface area contributed by atoms with E-state index in [1.54, 1.807) is 0 Å². The van der Waals surface area contributed by atoms with Gasteiger partial charge >= 0.3 is 0 Å². The van der Waals surface area contributed by atoms with Crippen molar-refractivity contribution in [3.8, 4) is 0 Å². The number of benzene rings is 2. The Labute approximate surface area is 179 Å². The van der Waals surface area contributed by atoms with E-state index in [-0.39, 0.29) is 23.8 Å². The maximum Gasteiger partial charge on any atom is 0.250 e. The van der Waals surface area contributed by atoms with Gasteiger partial charge in [0.25, 0.3) is 0 Å². The topological polar surface area (TPSA) is 69.7 Å². The summed E-state index contributed by atoms with van der Waals surface area (Å²) in [6, 6.07) is 9.21. The largest absolute Gasteiger partial charge is 0.324 e. The lowest BCUT2D eigenvalue weighted by atomic mass is 9.75. The lowest BCUT2D eigenvalue weighted by molar-refractivity contribution is -0.135. The van der Waals surface area contributed by atoms with Gasteiger partial charge in [0.15, 0.2) is 0 Å². The number of nitrogens with one attached hydrogen (secondary N) is 1. The summed E-state index contributed by atoms with van der Waals surface area (Å²) in [6.45, 7) is 4.60. The molecule has 6 nitrogen and oxygen atoms in total. The summed E-state index contributed by atoms with van der Waals surface area (Å²) in [5.74, 6) is -2.70. The highest BCUT2D eigenvalue weighted by molar-refractivity contribution is 6.25. The summed E-state index contributed by atoms with van der Waals surface area (Å²) in [7, 11) is 0. The lowest BCUT2D eigenvalue weighted by Crippen LogP contribution is -2.54. The van der Waals surface area contributed by atoms with Crippen molar-refractivity contribution < 1.29 is 18.8 Å². The summed E-state index contributed by atoms with van der Waals surface area (Å²) >= 11 is 0. The first-order chi connectivity index (χ1) is 14.9. The zero-order chi connectivity index (χ0) is 21.7. The van der Waals surface area contributed by atoms with E-state index < -0.39 is 23.2 Å². The van der Waals surface area contributed by atoms with Crippen LogP contribution in [-0.4, -0.2) is 35.2 Å². The van der Waals surface area contributed by atoms with Gasteiger partial charge in [-0.3, -0.25) is 19.3 Å². The predicted octanol–water partition coefficient (Wildman–Crippen LogP) is 2.87. The van der Waals surface area contributed by atoms with E-state index in [0.29, 0.717) is 12.2 Å². The zero-order valence-corrected chi connectivity index (χ0v) is 17.3. The smallest absolute Gasteiger partial charge is 0.250 e. The molecule has 6 rings (SSSR count). The first-order valence-electron chi connectivity index (χ1n) is 10.7. The molecule has 7 heteroatoms. The monoisotopic (exact) mass is 419 g/mol. The molecule has 0 aromatic heterocycles. The minimum atomic E-state index is -1.18. The molecule has 3 amide bonds. The van der Waals surface area contributed by atoms with Crippen molar-refractivity contribution >= 4 is 29.1 Å². The van der Waals surface area contributed by atoms with Gasteiger partial charge in [-0.15, -0.1) is 0 Å². The molecule has 3 fully saturated rings. The minimum absolute atomic E-state index is 0.163. The second kappa shape index (κ2) is 6.01. The number of imide groups is 1. The highest BCUT2D eigenvalue weighted by Gasteiger charge is 2.74. The molecule has 31 heavy (non-hydrogen) atoms. The molecule has 0 unspecified atom stereocenters. The molecular formula is C24H22FN3O3. The van der Waals surface area contributed by atoms with E-state index in [2.05, 4.69) is 10.2 Å². The molecule has 4 heterocycles. The Morgan fingerprint density at radius 1 is 1.06 bits per heavy atom. The van der Waals surface area contributed by atoms with Gasteiger partial charge in [-0.25, -0.2) is 9.29 Å². The van der Waals surface area contributed by atoms with E-state index in [4.69, 9.17) is 0 Å². The van der Waals surface area contributed by atoms with Crippen LogP contribution >= 0.6 is 0 Å². The van der Waals surface area contributed by atoms with Gasteiger partial charge in [0.05, 0.1) is 17.5 Å². The van der Waals surface area contributed by atoms with Crippen LogP contribution < -0.4 is 10.2 Å². The number of carbonyl (C=O) groups excluding carboxylic acids is 3. The first-order valence-corrected chi connectivity index (χ1v) is 10.7. The van der Waals surface area contributed by atoms with Gasteiger partial charge in [0, 0.05) is 17.3 Å². The second-order valence-electron chi connectivity index (χ2n) is 9.12. The van der Waals surface area contributed by atoms with Gasteiger partial charge in [-0.2, -0.15) is 0 Å². The number of anilines is 2. The maximum atomic E-state index is 13.8. The van der Waals surface area contributed by atoms with Crippen LogP contribution in [0.4, 0.5) is 15.8 Å². The predicted molar refractivity (Wildman–Crippen MR) is 112 cm³/mol. The summed E-state index contributed by atoms with van der Waals surface area (Å²) in [5, 5.41) is 3.04. The molecule has 2 aromatic rings. The van der Waals surface area contributed by atoms with Crippen molar-refractivity contribution in [2.75, 3.05) is 16.8 Å². The third kappa shape index (κ3) is 2.12. The van der Waals surface area contributed by atoms with Crippen molar-refractivity contribution in [1.29, 1.82) is 0 Å². The molecule has 4 atom stereocenters. The molecule has 0 saturated carbocycles. The average molecular weight is 419 g/mol. The number of fused-ring (bicyclic) bond motifs is 7. The van der Waals surface area contributed by atoms with Crippen LogP contribution in [0, 0.1) is 31.5 Å². The van der Waals surface area contributed by atoms with E-state index in [0.717, 1.165) is 35.2 Å². The second-order valence-corrected chi connectivity index (χ2v) is 9.12. The Morgan fingerprint density at radius 3 is 2.55 bits per heavy atom. The summed E-state index contributed by atoms with van der Waals surface area (Å²) < 4.78 is 13.5. The van der Waals surface area contributed by atoms with E-state index in [1.165, 1.54) is 29.2 Å². The molecule has 4 aliphatic heterocycles. The van der Waals surface area contributed by atoms with E-state index in [1.807, 2.05) is 26.0 Å². The molecule has 0 bridgehead atoms. The fourth-order valence-electron chi connectivity index (χ4n) is 6.50. The maximum absolute atomic E-state index is 13.8. The van der Waals surface area contributed by atoms with Crippen molar-refractivity contribution in [3.05, 3.63) is 58.9 Å². The number of amides is 3. The Morgan fingerprint density at radius 2 is 1.81 bits per heavy atom. The van der Waals surface area contributed by atoms with Crippen LogP contribution in [0.3, 0.4) is 0 Å². The quantitative estimate of drug-likeness (QED) is 0.722. The number of carbonyl (C=O) groups is 3. The molecule has 4 aliphatic rings. The number of aryl methyl sites for hydroxylation is 2. The average Bonchev–Trinajstić information content (AvgIpc) is 3.42. The summed E-state index contributed by atoms with van der Waals surface area (Å²) in [6.07, 6.45) is 1.65. The van der Waals surface area contributed by atoms with Crippen LogP contribution in [0.5, 0.6) is 0 Å². The standard InChI is InChI=1S/C24H22FN3O3/c1-12-10-13(2)20-16(11-12)24(23(31)26-20)19-18(17-4-3-9-27(17)24)21(29)28(22(19)30)15-7-5-14(25)6-8-15/h5-8,10-11,17-19H,3-4,9H2,1-2H3,(H,26,31)/t17-,18-,19-,24+/m0/s1. The van der Waals surface area contributed by atoms with Crippen molar-refractivity contribution in [3.63, 3.8) is 0 Å². The number of nitrogens with zero attached hydrogens (tertiary/aromatic N) is 2. The Hall–Kier alpha value is -3.06. The van der Waals surface area contributed by atoms with Gasteiger partial charge in [-0.05, 0) is 63.1 Å². The number of hydrogen-bond acceptors (Lipinski definition) is 4. The first kappa shape index (κ1) is 18.7. The Balaban J connectivity index is 1.57. The molecule has 158 valence electrons. The van der Waals surface area contributed by atoms with Crippen LogP contribution in [0.1, 0.15) is 29.5 Å². The van der Waals surface area contributed by atoms with Crippen LogP contribution in [0.15, 0.2) is 36.4 Å². The molecule has 1 spiro atoms. The van der Waals surface area contributed by atoms with E-state index in [9.17, 15) is 18.8 Å². The number of rotatable bonds is 1. The Kier molecular flexibility index (Phi) is 3.62. The highest BCUT2D eigenvalue weighted by Crippen LogP contribution is 2.61. The summed E-state index contributed by atoms with van der Waals surface area (Å²) in [5.41, 5.74) is 2.69. The Bertz CT molecular complexity index is 1180. The van der Waals surface area contributed by atoms with Crippen LogP contribution in [0.25, 0.3) is 0 Å². The van der Waals surface area contributed by atoms with Crippen molar-refractivity contribution in [2.45, 2.75) is 38.3 Å². The number of hydrogen-bond donors (Lipinski definition) is 1. The molecule has 1 N–H and O–H groups in total. The molecule has 0 radical (unpaired) electrons. The van der Waals surface area contributed by atoms with Crippen LogP contribution in [0.2, 0.25) is 0 Å². The van der Waals surface area contributed by atoms with Crippen molar-refractivity contribution in [1.82, 2.24) is 4.90 Å². The van der Waals surface area contributed by atoms with Crippen molar-refractivity contribution in [2.24, 2.45) is 11.8 Å². The van der Waals surface area contributed by atoms with Gasteiger partial charge in [0.1, 0.15) is 11.4 Å². The zero-order valence-electron chi connectivity index (χ0n) is 17.3. The molecule has 3 saturated heterocycles. The van der Waals surface area contributed by atoms with E-state index >= 15 is 0 Å². The SMILES string of the molecule is Cc1cc(C)c2c(c1)[C@]1(C(=O)N2)[C@@H]2C(=O)N(c3ccc(F)cc3)C(=O)[C@H]2[C@@H]2CCCN21. The van der Waals surface area contributed by atoms with Crippen LogP contribution in [-0.2, 0) is 19.9 Å². The fraction of sp³-hybridized carbons (Fsp3) is 0.375. The highest BCUT2D eigenvalue weighted by atomic mass is 19.1. The molecule has 2 aromatic carbocycles. The lowest BCUT2D eigenvalue weighted by Gasteiger charge is -2.36. The molecular weight excluding hydrogens is 397 g/mol. The molecule has 0 aliphatic carbocycles.